The summed E-state index contributed by atoms with van der Waals surface area (Å²) in [5.41, 5.74) is 1.61. The van der Waals surface area contributed by atoms with E-state index in [1.807, 2.05) is 19.1 Å². The number of esters is 1. The highest BCUT2D eigenvalue weighted by Crippen LogP contribution is 2.18. The molecular weight excluding hydrogens is 310 g/mol. The van der Waals surface area contributed by atoms with E-state index in [2.05, 4.69) is 20.7 Å². The lowest BCUT2D eigenvalue weighted by molar-refractivity contribution is -0.145. The van der Waals surface area contributed by atoms with Crippen molar-refractivity contribution in [3.63, 3.8) is 0 Å². The van der Waals surface area contributed by atoms with E-state index in [9.17, 15) is 9.59 Å². The topological polar surface area (TPSA) is 46.6 Å². The van der Waals surface area contributed by atoms with Crippen molar-refractivity contribution in [2.24, 2.45) is 5.92 Å². The summed E-state index contributed by atoms with van der Waals surface area (Å²) in [5.74, 6) is -0.756. The monoisotopic (exact) mass is 327 g/mol. The van der Waals surface area contributed by atoms with E-state index in [1.165, 1.54) is 12.0 Å². The summed E-state index contributed by atoms with van der Waals surface area (Å²) < 4.78 is 5.62. The van der Waals surface area contributed by atoms with Gasteiger partial charge in [-0.15, -0.1) is 0 Å². The van der Waals surface area contributed by atoms with Gasteiger partial charge < -0.3 is 9.64 Å². The Bertz CT molecular complexity index is 488. The van der Waals surface area contributed by atoms with Gasteiger partial charge in [-0.1, -0.05) is 22.9 Å². The molecule has 0 fully saturated rings. The zero-order chi connectivity index (χ0) is 14.6. The highest BCUT2D eigenvalue weighted by Gasteiger charge is 2.19. The molecule has 4 nitrogen and oxygen atoms in total. The van der Waals surface area contributed by atoms with Crippen LogP contribution in [-0.4, -0.2) is 37.5 Å². The number of carbonyl (C=O) groups excluding carboxylic acids is 2. The van der Waals surface area contributed by atoms with Crippen molar-refractivity contribution >= 4 is 27.8 Å². The normalized spacial score (nSPS) is 11.8. The summed E-state index contributed by atoms with van der Waals surface area (Å²) in [6.07, 6.45) is 0. The van der Waals surface area contributed by atoms with Crippen molar-refractivity contribution in [1.82, 2.24) is 4.90 Å². The van der Waals surface area contributed by atoms with Crippen LogP contribution in [0.1, 0.15) is 22.8 Å². The summed E-state index contributed by atoms with van der Waals surface area (Å²) in [6, 6.07) is 5.44. The van der Waals surface area contributed by atoms with Crippen molar-refractivity contribution in [2.45, 2.75) is 13.8 Å². The molecule has 1 aromatic carbocycles. The molecule has 5 heteroatoms. The molecular formula is C14H18BrNO3. The molecule has 0 N–H and O–H groups in total. The maximum absolute atomic E-state index is 12.2. The first-order valence-corrected chi connectivity index (χ1v) is 6.75. The van der Waals surface area contributed by atoms with Gasteiger partial charge in [-0.3, -0.25) is 9.59 Å². The molecule has 0 aromatic heterocycles. The predicted molar refractivity (Wildman–Crippen MR) is 77.0 cm³/mol. The number of methoxy groups -OCH3 is 1. The molecule has 0 aliphatic carbocycles. The molecule has 0 aliphatic heterocycles. The fourth-order valence-corrected chi connectivity index (χ4v) is 2.01. The third kappa shape index (κ3) is 4.06. The Morgan fingerprint density at radius 2 is 2.05 bits per heavy atom. The maximum Gasteiger partial charge on any atom is 0.310 e. The number of nitrogens with zero attached hydrogens (tertiary/aromatic N) is 1. The molecule has 1 atom stereocenters. The standard InChI is InChI=1S/C14H18BrNO3/c1-9-7-11(5-6-12(9)15)13(17)16(3)8-10(2)14(18)19-4/h5-7,10H,8H2,1-4H3. The minimum absolute atomic E-state index is 0.105. The van der Waals surface area contributed by atoms with Crippen molar-refractivity contribution in [3.8, 4) is 0 Å². The van der Waals surface area contributed by atoms with E-state index in [4.69, 9.17) is 0 Å². The first-order chi connectivity index (χ1) is 8.86. The van der Waals surface area contributed by atoms with Gasteiger partial charge in [0.15, 0.2) is 0 Å². The van der Waals surface area contributed by atoms with E-state index in [0.717, 1.165) is 10.0 Å². The minimum Gasteiger partial charge on any atom is -0.469 e. The lowest BCUT2D eigenvalue weighted by Gasteiger charge is -2.20. The van der Waals surface area contributed by atoms with E-state index in [1.54, 1.807) is 20.0 Å². The second-order valence-electron chi connectivity index (χ2n) is 4.57. The number of ether oxygens (including phenoxy) is 1. The van der Waals surface area contributed by atoms with Crippen molar-refractivity contribution < 1.29 is 14.3 Å². The second kappa shape index (κ2) is 6.70. The molecule has 1 rings (SSSR count). The molecule has 0 heterocycles. The van der Waals surface area contributed by atoms with E-state index >= 15 is 0 Å². The van der Waals surface area contributed by atoms with Gasteiger partial charge in [0.2, 0.25) is 0 Å². The molecule has 0 saturated carbocycles. The number of hydrogen-bond acceptors (Lipinski definition) is 3. The van der Waals surface area contributed by atoms with Crippen LogP contribution >= 0.6 is 15.9 Å². The Morgan fingerprint density at radius 3 is 2.58 bits per heavy atom. The van der Waals surface area contributed by atoms with E-state index < -0.39 is 0 Å². The molecule has 1 aromatic rings. The van der Waals surface area contributed by atoms with E-state index in [0.29, 0.717) is 12.1 Å². The first-order valence-electron chi connectivity index (χ1n) is 5.96. The minimum atomic E-state index is -0.338. The summed E-state index contributed by atoms with van der Waals surface area (Å²) in [5, 5.41) is 0. The van der Waals surface area contributed by atoms with Crippen molar-refractivity contribution in [3.05, 3.63) is 33.8 Å². The zero-order valence-corrected chi connectivity index (χ0v) is 13.2. The van der Waals surface area contributed by atoms with Crippen LogP contribution in [0.15, 0.2) is 22.7 Å². The largest absolute Gasteiger partial charge is 0.469 e. The lowest BCUT2D eigenvalue weighted by Crippen LogP contribution is -2.34. The molecule has 19 heavy (non-hydrogen) atoms. The summed E-state index contributed by atoms with van der Waals surface area (Å²) >= 11 is 3.40. The van der Waals surface area contributed by atoms with Crippen molar-refractivity contribution in [2.75, 3.05) is 20.7 Å². The number of halogens is 1. The fraction of sp³-hybridized carbons (Fsp3) is 0.429. The van der Waals surface area contributed by atoms with Gasteiger partial charge in [0.25, 0.3) is 5.91 Å². The third-order valence-electron chi connectivity index (χ3n) is 2.90. The summed E-state index contributed by atoms with van der Waals surface area (Å²) in [7, 11) is 3.03. The molecule has 104 valence electrons. The van der Waals surface area contributed by atoms with Gasteiger partial charge in [0, 0.05) is 23.6 Å². The summed E-state index contributed by atoms with van der Waals surface area (Å²) in [4.78, 5) is 25.1. The van der Waals surface area contributed by atoms with Crippen molar-refractivity contribution in [1.29, 1.82) is 0 Å². The van der Waals surface area contributed by atoms with Gasteiger partial charge >= 0.3 is 5.97 Å². The van der Waals surface area contributed by atoms with Crippen LogP contribution in [0.4, 0.5) is 0 Å². The third-order valence-corrected chi connectivity index (χ3v) is 3.79. The van der Waals surface area contributed by atoms with Gasteiger partial charge in [-0.2, -0.15) is 0 Å². The highest BCUT2D eigenvalue weighted by atomic mass is 79.9. The molecule has 1 unspecified atom stereocenters. The van der Waals surface area contributed by atoms with E-state index in [-0.39, 0.29) is 17.8 Å². The number of rotatable bonds is 4. The van der Waals surface area contributed by atoms with Crippen LogP contribution in [0, 0.1) is 12.8 Å². The van der Waals surface area contributed by atoms with Gasteiger partial charge in [0.05, 0.1) is 13.0 Å². The van der Waals surface area contributed by atoms with Gasteiger partial charge in [-0.05, 0) is 30.7 Å². The Morgan fingerprint density at radius 1 is 1.42 bits per heavy atom. The molecule has 1 amide bonds. The van der Waals surface area contributed by atoms with Crippen LogP contribution in [0.3, 0.4) is 0 Å². The molecule has 0 bridgehead atoms. The van der Waals surface area contributed by atoms with Crippen LogP contribution < -0.4 is 0 Å². The van der Waals surface area contributed by atoms with Gasteiger partial charge in [-0.25, -0.2) is 0 Å². The number of carbonyl (C=O) groups is 2. The SMILES string of the molecule is COC(=O)C(C)CN(C)C(=O)c1ccc(Br)c(C)c1. The lowest BCUT2D eigenvalue weighted by atomic mass is 10.1. The average Bonchev–Trinajstić information content (AvgIpc) is 2.39. The Labute approximate surface area is 121 Å². The second-order valence-corrected chi connectivity index (χ2v) is 5.43. The quantitative estimate of drug-likeness (QED) is 0.799. The predicted octanol–water partition coefficient (Wildman–Crippen LogP) is 2.64. The maximum atomic E-state index is 12.2. The molecule has 0 saturated heterocycles. The highest BCUT2D eigenvalue weighted by molar-refractivity contribution is 9.10. The number of benzene rings is 1. The Hall–Kier alpha value is -1.36. The number of hydrogen-bond donors (Lipinski definition) is 0. The van der Waals surface area contributed by atoms with Crippen LogP contribution in [-0.2, 0) is 9.53 Å². The molecule has 0 spiro atoms. The van der Waals surface area contributed by atoms with Crippen LogP contribution in [0.5, 0.6) is 0 Å². The van der Waals surface area contributed by atoms with Crippen LogP contribution in [0.2, 0.25) is 0 Å². The average molecular weight is 328 g/mol. The Balaban J connectivity index is 2.76. The summed E-state index contributed by atoms with van der Waals surface area (Å²) in [6.45, 7) is 4.00. The first kappa shape index (κ1) is 15.7. The Kier molecular flexibility index (Phi) is 5.54. The van der Waals surface area contributed by atoms with Gasteiger partial charge in [0.1, 0.15) is 0 Å². The van der Waals surface area contributed by atoms with Crippen LogP contribution in [0.25, 0.3) is 0 Å². The zero-order valence-electron chi connectivity index (χ0n) is 11.6. The molecule has 0 aliphatic rings. The molecule has 0 radical (unpaired) electrons. The fourth-order valence-electron chi connectivity index (χ4n) is 1.77. The number of aryl methyl sites for hydroxylation is 1. The number of amides is 1. The smallest absolute Gasteiger partial charge is 0.310 e.